The lowest BCUT2D eigenvalue weighted by Gasteiger charge is -2.10. The zero-order chi connectivity index (χ0) is 7.40. The molecule has 1 rings (SSSR count). The zero-order valence-electron chi connectivity index (χ0n) is 5.78. The van der Waals surface area contributed by atoms with E-state index in [1.807, 2.05) is 6.92 Å². The molecular formula is C4H10N6. The van der Waals surface area contributed by atoms with Crippen LogP contribution >= 0.6 is 0 Å². The van der Waals surface area contributed by atoms with Gasteiger partial charge in [-0.1, -0.05) is 12.0 Å². The number of nitrogens with one attached hydrogen (secondary N) is 1. The number of tetrazole rings is 1. The van der Waals surface area contributed by atoms with Crippen molar-refractivity contribution in [3.63, 3.8) is 0 Å². The molecule has 1 aromatic heterocycles. The smallest absolute Gasteiger partial charge is 0.276 e. The summed E-state index contributed by atoms with van der Waals surface area (Å²) < 4.78 is 0. The Morgan fingerprint density at radius 3 is 3.00 bits per heavy atom. The maximum absolute atomic E-state index is 5.50. The van der Waals surface area contributed by atoms with Gasteiger partial charge in [0.05, 0.1) is 0 Å². The van der Waals surface area contributed by atoms with Gasteiger partial charge >= 0.3 is 0 Å². The quantitative estimate of drug-likeness (QED) is 0.430. The summed E-state index contributed by atoms with van der Waals surface area (Å²) in [7, 11) is 0. The lowest BCUT2D eigenvalue weighted by molar-refractivity contribution is 0.775. The summed E-state index contributed by atoms with van der Waals surface area (Å²) >= 11 is 0. The minimum absolute atomic E-state index is 0.432. The van der Waals surface area contributed by atoms with Gasteiger partial charge in [-0.2, -0.15) is 5.21 Å². The molecule has 0 spiro atoms. The summed E-state index contributed by atoms with van der Waals surface area (Å²) in [6, 6.07) is 0. The van der Waals surface area contributed by atoms with Crippen LogP contribution in [-0.2, 0) is 0 Å². The molecule has 0 atom stereocenters. The van der Waals surface area contributed by atoms with Crippen LogP contribution in [0.5, 0.6) is 0 Å². The summed E-state index contributed by atoms with van der Waals surface area (Å²) in [5.41, 5.74) is 0. The molecule has 0 aliphatic rings. The third-order valence-corrected chi connectivity index (χ3v) is 1.06. The molecule has 0 amide bonds. The molecule has 0 unspecified atom stereocenters. The average Bonchev–Trinajstić information content (AvgIpc) is 2.38. The van der Waals surface area contributed by atoms with E-state index in [1.54, 1.807) is 0 Å². The van der Waals surface area contributed by atoms with Crippen molar-refractivity contribution in [3.8, 4) is 0 Å². The molecule has 0 radical (unpaired) electrons. The molecular weight excluding hydrogens is 132 g/mol. The van der Waals surface area contributed by atoms with E-state index < -0.39 is 0 Å². The highest BCUT2D eigenvalue weighted by atomic mass is 15.6. The van der Waals surface area contributed by atoms with E-state index in [2.05, 4.69) is 20.6 Å². The number of aromatic amines is 1. The van der Waals surface area contributed by atoms with Gasteiger partial charge < -0.3 is 0 Å². The van der Waals surface area contributed by atoms with Crippen molar-refractivity contribution >= 4 is 5.95 Å². The zero-order valence-corrected chi connectivity index (χ0v) is 5.78. The Morgan fingerprint density at radius 2 is 2.50 bits per heavy atom. The maximum atomic E-state index is 5.50. The Morgan fingerprint density at radius 1 is 1.70 bits per heavy atom. The first-order valence-corrected chi connectivity index (χ1v) is 3.10. The number of hydrazine groups is 1. The first-order chi connectivity index (χ1) is 4.84. The SMILES string of the molecule is CCCN(N)c1nn[nH]n1. The molecule has 0 saturated carbocycles. The van der Waals surface area contributed by atoms with Crippen LogP contribution in [0.4, 0.5) is 5.95 Å². The van der Waals surface area contributed by atoms with Gasteiger partial charge in [0.2, 0.25) is 0 Å². The van der Waals surface area contributed by atoms with Gasteiger partial charge in [0.1, 0.15) is 0 Å². The van der Waals surface area contributed by atoms with Crippen LogP contribution in [0.3, 0.4) is 0 Å². The van der Waals surface area contributed by atoms with Crippen molar-refractivity contribution in [1.82, 2.24) is 20.6 Å². The normalized spacial score (nSPS) is 9.80. The number of aromatic nitrogens is 4. The van der Waals surface area contributed by atoms with Gasteiger partial charge in [-0.3, -0.25) is 5.01 Å². The van der Waals surface area contributed by atoms with Crippen molar-refractivity contribution in [3.05, 3.63) is 0 Å². The standard InChI is InChI=1S/C4H10N6/c1-2-3-10(5)4-6-8-9-7-4/h2-3,5H2,1H3,(H,6,7,8,9). The molecule has 6 heteroatoms. The molecule has 0 bridgehead atoms. The average molecular weight is 142 g/mol. The third-order valence-electron chi connectivity index (χ3n) is 1.06. The minimum atomic E-state index is 0.432. The molecule has 0 aliphatic heterocycles. The van der Waals surface area contributed by atoms with Crippen molar-refractivity contribution in [2.75, 3.05) is 11.6 Å². The fraction of sp³-hybridized carbons (Fsp3) is 0.750. The van der Waals surface area contributed by atoms with Gasteiger partial charge in [-0.05, 0) is 11.6 Å². The van der Waals surface area contributed by atoms with E-state index in [0.29, 0.717) is 5.95 Å². The van der Waals surface area contributed by atoms with E-state index in [1.165, 1.54) is 5.01 Å². The number of nitrogens with two attached hydrogens (primary N) is 1. The monoisotopic (exact) mass is 142 g/mol. The van der Waals surface area contributed by atoms with E-state index in [-0.39, 0.29) is 0 Å². The van der Waals surface area contributed by atoms with Crippen LogP contribution < -0.4 is 10.9 Å². The first kappa shape index (κ1) is 6.94. The van der Waals surface area contributed by atoms with Crippen LogP contribution in [0.2, 0.25) is 0 Å². The van der Waals surface area contributed by atoms with Gasteiger partial charge in [0, 0.05) is 6.54 Å². The van der Waals surface area contributed by atoms with Gasteiger partial charge in [0.25, 0.3) is 5.95 Å². The van der Waals surface area contributed by atoms with E-state index in [0.717, 1.165) is 13.0 Å². The number of H-pyrrole nitrogens is 1. The largest absolute Gasteiger partial charge is 0.279 e. The Hall–Kier alpha value is -1.17. The van der Waals surface area contributed by atoms with Crippen molar-refractivity contribution in [2.24, 2.45) is 5.84 Å². The van der Waals surface area contributed by atoms with E-state index in [4.69, 9.17) is 5.84 Å². The second kappa shape index (κ2) is 3.11. The van der Waals surface area contributed by atoms with E-state index >= 15 is 0 Å². The summed E-state index contributed by atoms with van der Waals surface area (Å²) in [5.74, 6) is 5.93. The highest BCUT2D eigenvalue weighted by Gasteiger charge is 2.02. The molecule has 6 nitrogen and oxygen atoms in total. The summed E-state index contributed by atoms with van der Waals surface area (Å²) in [6.45, 7) is 2.76. The Bertz CT molecular complexity index is 170. The van der Waals surface area contributed by atoms with Crippen molar-refractivity contribution in [2.45, 2.75) is 13.3 Å². The predicted molar refractivity (Wildman–Crippen MR) is 36.0 cm³/mol. The second-order valence-corrected chi connectivity index (χ2v) is 1.91. The van der Waals surface area contributed by atoms with Gasteiger partial charge in [-0.15, -0.1) is 5.10 Å². The maximum Gasteiger partial charge on any atom is 0.279 e. The van der Waals surface area contributed by atoms with Crippen molar-refractivity contribution in [1.29, 1.82) is 0 Å². The van der Waals surface area contributed by atoms with Gasteiger partial charge in [-0.25, -0.2) is 5.84 Å². The highest BCUT2D eigenvalue weighted by molar-refractivity contribution is 5.21. The molecule has 0 saturated heterocycles. The molecule has 0 aliphatic carbocycles. The van der Waals surface area contributed by atoms with Crippen LogP contribution in [0.1, 0.15) is 13.3 Å². The summed E-state index contributed by atoms with van der Waals surface area (Å²) in [5, 5.41) is 14.5. The Balaban J connectivity index is 2.50. The topological polar surface area (TPSA) is 83.7 Å². The van der Waals surface area contributed by atoms with Crippen molar-refractivity contribution < 1.29 is 0 Å². The van der Waals surface area contributed by atoms with Crippen LogP contribution in [0, 0.1) is 0 Å². The van der Waals surface area contributed by atoms with Crippen LogP contribution in [-0.4, -0.2) is 27.2 Å². The number of rotatable bonds is 3. The molecule has 0 aromatic carbocycles. The molecule has 1 heterocycles. The fourth-order valence-electron chi connectivity index (χ4n) is 0.619. The first-order valence-electron chi connectivity index (χ1n) is 3.10. The van der Waals surface area contributed by atoms with Crippen LogP contribution in [0.25, 0.3) is 0 Å². The van der Waals surface area contributed by atoms with E-state index in [9.17, 15) is 0 Å². The molecule has 1 aromatic rings. The number of nitrogens with zero attached hydrogens (tertiary/aromatic N) is 4. The van der Waals surface area contributed by atoms with Crippen LogP contribution in [0.15, 0.2) is 0 Å². The summed E-state index contributed by atoms with van der Waals surface area (Å²) in [4.78, 5) is 0. The Kier molecular flexibility index (Phi) is 2.16. The molecule has 56 valence electrons. The number of anilines is 1. The molecule has 3 N–H and O–H groups in total. The molecule has 0 fully saturated rings. The lowest BCUT2D eigenvalue weighted by Crippen LogP contribution is -2.32. The number of hydrogen-bond acceptors (Lipinski definition) is 5. The third kappa shape index (κ3) is 1.41. The second-order valence-electron chi connectivity index (χ2n) is 1.91. The summed E-state index contributed by atoms with van der Waals surface area (Å²) in [6.07, 6.45) is 0.963. The molecule has 10 heavy (non-hydrogen) atoms. The number of hydrogen-bond donors (Lipinski definition) is 2. The minimum Gasteiger partial charge on any atom is -0.276 e. The lowest BCUT2D eigenvalue weighted by atomic mass is 10.5. The highest BCUT2D eigenvalue weighted by Crippen LogP contribution is 1.96. The fourth-order valence-corrected chi connectivity index (χ4v) is 0.619. The predicted octanol–water partition coefficient (Wildman–Crippen LogP) is -0.710. The Labute approximate surface area is 58.4 Å². The van der Waals surface area contributed by atoms with Gasteiger partial charge in [0.15, 0.2) is 0 Å².